The second-order valence-corrected chi connectivity index (χ2v) is 6.26. The molecule has 0 unspecified atom stereocenters. The molecule has 0 saturated carbocycles. The molecule has 2 aliphatic rings. The summed E-state index contributed by atoms with van der Waals surface area (Å²) in [6, 6.07) is 0. The largest absolute Gasteiger partial charge is 0.471 e. The van der Waals surface area contributed by atoms with Crippen LogP contribution < -0.4 is 0 Å². The number of esters is 1. The van der Waals surface area contributed by atoms with Crippen molar-refractivity contribution in [2.24, 2.45) is 0 Å². The van der Waals surface area contributed by atoms with E-state index in [9.17, 15) is 4.79 Å². The van der Waals surface area contributed by atoms with Gasteiger partial charge in [-0.25, -0.2) is 4.85 Å². The summed E-state index contributed by atoms with van der Waals surface area (Å²) in [6.07, 6.45) is 7.76. The number of ether oxygens (including phenoxy) is 1. The molecule has 1 saturated heterocycles. The average molecular weight is 329 g/mol. The van der Waals surface area contributed by atoms with Gasteiger partial charge in [-0.05, 0) is 64.4 Å². The van der Waals surface area contributed by atoms with Gasteiger partial charge in [-0.1, -0.05) is 6.42 Å². The molecule has 0 amide bonds. The molecule has 0 aromatic carbocycles. The van der Waals surface area contributed by atoms with Crippen LogP contribution in [0.2, 0.25) is 0 Å². The van der Waals surface area contributed by atoms with E-state index < -0.39 is 5.97 Å². The smallest absolute Gasteiger partial charge is 0.336 e. The zero-order chi connectivity index (χ0) is 17.5. The number of carbonyl (C=O) groups is 1. The Morgan fingerprint density at radius 3 is 2.33 bits per heavy atom. The summed E-state index contributed by atoms with van der Waals surface area (Å²) in [5, 5.41) is 0. The van der Waals surface area contributed by atoms with E-state index in [1.165, 1.54) is 32.4 Å². The first kappa shape index (κ1) is 18.3. The van der Waals surface area contributed by atoms with Gasteiger partial charge in [0.1, 0.15) is 0 Å². The fraction of sp³-hybridized carbons (Fsp3) is 0.579. The molecule has 5 nitrogen and oxygen atoms in total. The maximum atomic E-state index is 11.9. The van der Waals surface area contributed by atoms with Crippen LogP contribution in [-0.4, -0.2) is 48.6 Å². The lowest BCUT2D eigenvalue weighted by Gasteiger charge is -2.33. The van der Waals surface area contributed by atoms with Gasteiger partial charge in [0, 0.05) is 24.5 Å². The van der Waals surface area contributed by atoms with Crippen molar-refractivity contribution in [3.63, 3.8) is 0 Å². The number of nitrogens with zero attached hydrogens (tertiary/aromatic N) is 3. The van der Waals surface area contributed by atoms with Gasteiger partial charge in [-0.15, -0.1) is 0 Å². The lowest BCUT2D eigenvalue weighted by molar-refractivity contribution is -0.138. The van der Waals surface area contributed by atoms with Crippen LogP contribution in [0.15, 0.2) is 34.8 Å². The third kappa shape index (κ3) is 4.48. The maximum Gasteiger partial charge on any atom is 0.336 e. The second kappa shape index (κ2) is 8.70. The van der Waals surface area contributed by atoms with Crippen molar-refractivity contribution in [1.29, 1.82) is 0 Å². The number of carbonyl (C=O) groups excluding carboxylic acids is 1. The molecule has 2 aliphatic heterocycles. The number of hydrogen-bond acceptors (Lipinski definition) is 4. The van der Waals surface area contributed by atoms with E-state index in [0.29, 0.717) is 5.57 Å². The lowest BCUT2D eigenvalue weighted by Crippen LogP contribution is -2.37. The summed E-state index contributed by atoms with van der Waals surface area (Å²) in [6.45, 7) is 17.7. The normalized spacial score (nSPS) is 18.6. The Morgan fingerprint density at radius 1 is 1.17 bits per heavy atom. The third-order valence-corrected chi connectivity index (χ3v) is 4.52. The van der Waals surface area contributed by atoms with E-state index in [1.54, 1.807) is 6.92 Å². The van der Waals surface area contributed by atoms with E-state index in [-0.39, 0.29) is 12.3 Å². The summed E-state index contributed by atoms with van der Waals surface area (Å²) in [5.41, 5.74) is 2.83. The number of piperidine rings is 1. The van der Waals surface area contributed by atoms with Gasteiger partial charge in [0.15, 0.2) is 0 Å². The number of likely N-dealkylation sites (tertiary alicyclic amines) is 1. The van der Waals surface area contributed by atoms with Crippen molar-refractivity contribution in [3.8, 4) is 0 Å². The fourth-order valence-electron chi connectivity index (χ4n) is 3.27. The van der Waals surface area contributed by atoms with Crippen molar-refractivity contribution in [2.75, 3.05) is 32.8 Å². The van der Waals surface area contributed by atoms with Gasteiger partial charge in [-0.2, -0.15) is 0 Å². The Morgan fingerprint density at radius 2 is 1.79 bits per heavy atom. The van der Waals surface area contributed by atoms with Crippen molar-refractivity contribution in [1.82, 2.24) is 9.80 Å². The first-order valence-electron chi connectivity index (χ1n) is 8.72. The van der Waals surface area contributed by atoms with Crippen LogP contribution in [0.3, 0.4) is 0 Å². The van der Waals surface area contributed by atoms with Crippen LogP contribution in [-0.2, 0) is 9.53 Å². The Hall–Kier alpha value is -2.06. The van der Waals surface area contributed by atoms with E-state index in [4.69, 9.17) is 11.3 Å². The van der Waals surface area contributed by atoms with E-state index in [0.717, 1.165) is 24.5 Å². The molecule has 1 fully saturated rings. The number of rotatable bonds is 5. The molecular weight excluding hydrogens is 302 g/mol. The van der Waals surface area contributed by atoms with Crippen molar-refractivity contribution in [2.45, 2.75) is 40.0 Å². The Kier molecular flexibility index (Phi) is 6.62. The summed E-state index contributed by atoms with van der Waals surface area (Å²) >= 11 is 0. The lowest BCUT2D eigenvalue weighted by atomic mass is 10.1. The molecular formula is C19H27N3O2. The molecule has 0 bridgehead atoms. The predicted molar refractivity (Wildman–Crippen MR) is 94.8 cm³/mol. The first-order chi connectivity index (χ1) is 11.6. The van der Waals surface area contributed by atoms with Gasteiger partial charge in [0.25, 0.3) is 5.70 Å². The monoisotopic (exact) mass is 329 g/mol. The molecule has 0 N–H and O–H groups in total. The zero-order valence-electron chi connectivity index (χ0n) is 15.0. The van der Waals surface area contributed by atoms with Crippen molar-refractivity contribution >= 4 is 5.97 Å². The van der Waals surface area contributed by atoms with Crippen LogP contribution in [0.5, 0.6) is 0 Å². The number of hydrogen-bond donors (Lipinski definition) is 0. The van der Waals surface area contributed by atoms with Gasteiger partial charge in [0.05, 0.1) is 13.2 Å². The molecule has 24 heavy (non-hydrogen) atoms. The first-order valence-corrected chi connectivity index (χ1v) is 8.72. The van der Waals surface area contributed by atoms with E-state index in [2.05, 4.69) is 14.6 Å². The third-order valence-electron chi connectivity index (χ3n) is 4.52. The fourth-order valence-corrected chi connectivity index (χ4v) is 3.27. The maximum absolute atomic E-state index is 11.9. The molecule has 0 atom stereocenters. The van der Waals surface area contributed by atoms with Gasteiger partial charge < -0.3 is 14.5 Å². The molecule has 0 radical (unpaired) electrons. The minimum atomic E-state index is -0.544. The summed E-state index contributed by atoms with van der Waals surface area (Å²) < 4.78 is 4.98. The second-order valence-electron chi connectivity index (χ2n) is 6.26. The molecule has 5 heteroatoms. The van der Waals surface area contributed by atoms with Gasteiger partial charge in [-0.3, -0.25) is 4.79 Å². The summed E-state index contributed by atoms with van der Waals surface area (Å²) in [4.78, 5) is 20.1. The Labute approximate surface area is 145 Å². The SMILES string of the molecule is [C-]#[N+]C(C(=O)OCC)=C1C=C(C)N(CCN2CCCCC2)C(C)=C1. The van der Waals surface area contributed by atoms with Crippen molar-refractivity contribution < 1.29 is 9.53 Å². The van der Waals surface area contributed by atoms with Crippen LogP contribution in [0.1, 0.15) is 40.0 Å². The standard InChI is InChI=1S/C19H27N3O2/c1-5-24-19(23)18(20-4)17-13-15(2)22(16(3)14-17)12-11-21-9-7-6-8-10-21/h13-14H,5-12H2,1-3H3. The molecule has 0 aromatic heterocycles. The van der Waals surface area contributed by atoms with Crippen LogP contribution >= 0.6 is 0 Å². The highest BCUT2D eigenvalue weighted by Gasteiger charge is 2.21. The van der Waals surface area contributed by atoms with E-state index >= 15 is 0 Å². The zero-order valence-corrected chi connectivity index (χ0v) is 15.0. The quantitative estimate of drug-likeness (QED) is 0.440. The van der Waals surface area contributed by atoms with Gasteiger partial charge >= 0.3 is 5.97 Å². The van der Waals surface area contributed by atoms with Crippen LogP contribution in [0.25, 0.3) is 4.85 Å². The highest BCUT2D eigenvalue weighted by Crippen LogP contribution is 2.25. The summed E-state index contributed by atoms with van der Waals surface area (Å²) in [7, 11) is 0. The number of allylic oxidation sites excluding steroid dienone is 5. The average Bonchev–Trinajstić information content (AvgIpc) is 2.56. The molecule has 0 spiro atoms. The topological polar surface area (TPSA) is 37.1 Å². The Bertz CT molecular complexity index is 583. The highest BCUT2D eigenvalue weighted by molar-refractivity contribution is 5.92. The molecule has 0 aliphatic carbocycles. The van der Waals surface area contributed by atoms with Crippen LogP contribution in [0.4, 0.5) is 0 Å². The van der Waals surface area contributed by atoms with E-state index in [1.807, 2.05) is 26.0 Å². The molecule has 2 heterocycles. The minimum absolute atomic E-state index is 0.0613. The predicted octanol–water partition coefficient (Wildman–Crippen LogP) is 3.33. The van der Waals surface area contributed by atoms with Gasteiger partial charge in [0.2, 0.25) is 0 Å². The minimum Gasteiger partial charge on any atom is -0.471 e. The Balaban J connectivity index is 2.10. The summed E-state index contributed by atoms with van der Waals surface area (Å²) in [5.74, 6) is -0.544. The van der Waals surface area contributed by atoms with Crippen LogP contribution in [0, 0.1) is 6.57 Å². The molecule has 0 aromatic rings. The molecule has 130 valence electrons. The van der Waals surface area contributed by atoms with Crippen molar-refractivity contribution in [3.05, 3.63) is 46.2 Å². The highest BCUT2D eigenvalue weighted by atomic mass is 16.5. The molecule has 2 rings (SSSR count).